The zero-order valence-corrected chi connectivity index (χ0v) is 8.99. The van der Waals surface area contributed by atoms with Crippen molar-refractivity contribution in [1.82, 2.24) is 5.32 Å². The Morgan fingerprint density at radius 1 is 1.44 bits per heavy atom. The molecule has 1 atom stereocenters. The van der Waals surface area contributed by atoms with Gasteiger partial charge < -0.3 is 10.4 Å². The van der Waals surface area contributed by atoms with E-state index < -0.39 is 5.97 Å². The standard InChI is InChI=1S/C12H13NO3/c1-7(14)13-11-5-4-8-2-3-9(12(15)16)6-10(8)11/h2-3,6,11H,4-5H2,1H3,(H,13,14)(H,15,16)/t11-/m1/s1. The first-order valence-corrected chi connectivity index (χ1v) is 5.21. The molecule has 0 saturated heterocycles. The van der Waals surface area contributed by atoms with Gasteiger partial charge in [-0.1, -0.05) is 6.07 Å². The summed E-state index contributed by atoms with van der Waals surface area (Å²) in [6, 6.07) is 5.07. The van der Waals surface area contributed by atoms with Crippen molar-refractivity contribution >= 4 is 11.9 Å². The summed E-state index contributed by atoms with van der Waals surface area (Å²) in [5.41, 5.74) is 2.34. The van der Waals surface area contributed by atoms with E-state index >= 15 is 0 Å². The second-order valence-electron chi connectivity index (χ2n) is 4.01. The van der Waals surface area contributed by atoms with Crippen molar-refractivity contribution in [3.63, 3.8) is 0 Å². The Labute approximate surface area is 93.3 Å². The molecule has 1 amide bonds. The van der Waals surface area contributed by atoms with E-state index in [1.807, 2.05) is 6.07 Å². The van der Waals surface area contributed by atoms with Crippen LogP contribution in [0.25, 0.3) is 0 Å². The maximum absolute atomic E-state index is 11.0. The van der Waals surface area contributed by atoms with Crippen LogP contribution in [-0.4, -0.2) is 17.0 Å². The fraction of sp³-hybridized carbons (Fsp3) is 0.333. The van der Waals surface area contributed by atoms with Crippen LogP contribution in [0.2, 0.25) is 0 Å². The number of aryl methyl sites for hydroxylation is 1. The van der Waals surface area contributed by atoms with Crippen molar-refractivity contribution in [2.75, 3.05) is 0 Å². The highest BCUT2D eigenvalue weighted by atomic mass is 16.4. The molecule has 16 heavy (non-hydrogen) atoms. The molecular weight excluding hydrogens is 206 g/mol. The van der Waals surface area contributed by atoms with E-state index in [9.17, 15) is 9.59 Å². The number of carboxylic acids is 1. The van der Waals surface area contributed by atoms with Crippen LogP contribution >= 0.6 is 0 Å². The zero-order chi connectivity index (χ0) is 11.7. The lowest BCUT2D eigenvalue weighted by Crippen LogP contribution is -2.24. The molecule has 0 bridgehead atoms. The molecule has 0 radical (unpaired) electrons. The normalized spacial score (nSPS) is 17.9. The SMILES string of the molecule is CC(=O)N[C@@H]1CCc2ccc(C(=O)O)cc21. The highest BCUT2D eigenvalue weighted by Crippen LogP contribution is 2.31. The van der Waals surface area contributed by atoms with Crippen LogP contribution in [0.1, 0.15) is 40.9 Å². The molecule has 0 spiro atoms. The summed E-state index contributed by atoms with van der Waals surface area (Å²) in [5, 5.41) is 11.7. The van der Waals surface area contributed by atoms with Gasteiger partial charge in [-0.2, -0.15) is 0 Å². The number of rotatable bonds is 2. The maximum Gasteiger partial charge on any atom is 0.335 e. The molecule has 0 heterocycles. The first-order valence-electron chi connectivity index (χ1n) is 5.21. The van der Waals surface area contributed by atoms with Gasteiger partial charge >= 0.3 is 5.97 Å². The van der Waals surface area contributed by atoms with Gasteiger partial charge in [0.25, 0.3) is 0 Å². The van der Waals surface area contributed by atoms with Crippen molar-refractivity contribution in [3.05, 3.63) is 34.9 Å². The van der Waals surface area contributed by atoms with Gasteiger partial charge in [-0.25, -0.2) is 4.79 Å². The number of hydrogen-bond acceptors (Lipinski definition) is 2. The number of carbonyl (C=O) groups excluding carboxylic acids is 1. The molecule has 84 valence electrons. The van der Waals surface area contributed by atoms with Crippen LogP contribution in [0.15, 0.2) is 18.2 Å². The third kappa shape index (κ3) is 1.91. The Hall–Kier alpha value is -1.84. The van der Waals surface area contributed by atoms with Gasteiger partial charge in [-0.3, -0.25) is 4.79 Å². The number of aromatic carboxylic acids is 1. The molecule has 0 fully saturated rings. The third-order valence-corrected chi connectivity index (χ3v) is 2.85. The molecule has 0 unspecified atom stereocenters. The van der Waals surface area contributed by atoms with E-state index in [-0.39, 0.29) is 17.5 Å². The topological polar surface area (TPSA) is 66.4 Å². The van der Waals surface area contributed by atoms with Crippen molar-refractivity contribution in [2.45, 2.75) is 25.8 Å². The fourth-order valence-corrected chi connectivity index (χ4v) is 2.13. The van der Waals surface area contributed by atoms with Crippen LogP contribution in [0, 0.1) is 0 Å². The smallest absolute Gasteiger partial charge is 0.335 e. The van der Waals surface area contributed by atoms with E-state index in [4.69, 9.17) is 5.11 Å². The van der Waals surface area contributed by atoms with Crippen LogP contribution in [0.4, 0.5) is 0 Å². The van der Waals surface area contributed by atoms with Gasteiger partial charge in [-0.05, 0) is 36.1 Å². The number of carbonyl (C=O) groups is 2. The van der Waals surface area contributed by atoms with Gasteiger partial charge in [0.2, 0.25) is 5.91 Å². The Balaban J connectivity index is 2.33. The summed E-state index contributed by atoms with van der Waals surface area (Å²) in [5.74, 6) is -1.02. The first kappa shape index (κ1) is 10.7. The monoisotopic (exact) mass is 219 g/mol. The second kappa shape index (κ2) is 3.96. The molecule has 2 N–H and O–H groups in total. The van der Waals surface area contributed by atoms with Crippen LogP contribution in [0.5, 0.6) is 0 Å². The molecule has 0 aliphatic heterocycles. The lowest BCUT2D eigenvalue weighted by molar-refractivity contribution is -0.119. The largest absolute Gasteiger partial charge is 0.478 e. The minimum absolute atomic E-state index is 0.0354. The summed E-state index contributed by atoms with van der Waals surface area (Å²) in [7, 11) is 0. The van der Waals surface area contributed by atoms with Crippen molar-refractivity contribution in [3.8, 4) is 0 Å². The van der Waals surface area contributed by atoms with Crippen molar-refractivity contribution < 1.29 is 14.7 Å². The minimum Gasteiger partial charge on any atom is -0.478 e. The average molecular weight is 219 g/mol. The molecule has 1 aliphatic rings. The second-order valence-corrected chi connectivity index (χ2v) is 4.01. The molecule has 4 heteroatoms. The van der Waals surface area contributed by atoms with Crippen molar-refractivity contribution in [2.24, 2.45) is 0 Å². The molecule has 0 saturated carbocycles. The van der Waals surface area contributed by atoms with Gasteiger partial charge in [0.05, 0.1) is 11.6 Å². The first-order chi connectivity index (χ1) is 7.58. The quantitative estimate of drug-likeness (QED) is 0.792. The minimum atomic E-state index is -0.934. The molecule has 1 aliphatic carbocycles. The maximum atomic E-state index is 11.0. The molecule has 4 nitrogen and oxygen atoms in total. The van der Waals surface area contributed by atoms with E-state index in [2.05, 4.69) is 5.32 Å². The summed E-state index contributed by atoms with van der Waals surface area (Å²) >= 11 is 0. The summed E-state index contributed by atoms with van der Waals surface area (Å²) in [6.07, 6.45) is 1.73. The number of carboxylic acid groups (broad SMARTS) is 1. The molecule has 1 aromatic carbocycles. The Kier molecular flexibility index (Phi) is 2.64. The highest BCUT2D eigenvalue weighted by molar-refractivity contribution is 5.88. The molecule has 2 rings (SSSR count). The highest BCUT2D eigenvalue weighted by Gasteiger charge is 2.23. The predicted molar refractivity (Wildman–Crippen MR) is 58.3 cm³/mol. The van der Waals surface area contributed by atoms with Crippen LogP contribution in [0.3, 0.4) is 0 Å². The molecule has 0 aromatic heterocycles. The molecular formula is C12H13NO3. The Morgan fingerprint density at radius 2 is 2.19 bits per heavy atom. The Bertz CT molecular complexity index is 454. The fourth-order valence-electron chi connectivity index (χ4n) is 2.13. The predicted octanol–water partition coefficient (Wildman–Crippen LogP) is 1.51. The number of fused-ring (bicyclic) bond motifs is 1. The number of amides is 1. The average Bonchev–Trinajstić information content (AvgIpc) is 2.60. The van der Waals surface area contributed by atoms with Gasteiger partial charge in [-0.15, -0.1) is 0 Å². The summed E-state index contributed by atoms with van der Waals surface area (Å²) in [4.78, 5) is 21.8. The lowest BCUT2D eigenvalue weighted by Gasteiger charge is -2.12. The number of hydrogen-bond donors (Lipinski definition) is 2. The Morgan fingerprint density at radius 3 is 2.81 bits per heavy atom. The third-order valence-electron chi connectivity index (χ3n) is 2.85. The number of benzene rings is 1. The lowest BCUT2D eigenvalue weighted by atomic mass is 10.0. The van der Waals surface area contributed by atoms with E-state index in [0.29, 0.717) is 0 Å². The van der Waals surface area contributed by atoms with Crippen LogP contribution in [-0.2, 0) is 11.2 Å². The van der Waals surface area contributed by atoms with Gasteiger partial charge in [0.15, 0.2) is 0 Å². The van der Waals surface area contributed by atoms with Gasteiger partial charge in [0, 0.05) is 6.92 Å². The van der Waals surface area contributed by atoms with E-state index in [1.54, 1.807) is 12.1 Å². The molecule has 1 aromatic rings. The van der Waals surface area contributed by atoms with Crippen molar-refractivity contribution in [1.29, 1.82) is 0 Å². The van der Waals surface area contributed by atoms with E-state index in [1.165, 1.54) is 6.92 Å². The van der Waals surface area contributed by atoms with E-state index in [0.717, 1.165) is 24.0 Å². The number of nitrogens with one attached hydrogen (secondary N) is 1. The zero-order valence-electron chi connectivity index (χ0n) is 8.99. The summed E-state index contributed by atoms with van der Waals surface area (Å²) in [6.45, 7) is 1.47. The van der Waals surface area contributed by atoms with Gasteiger partial charge in [0.1, 0.15) is 0 Å². The van der Waals surface area contributed by atoms with Crippen LogP contribution < -0.4 is 5.32 Å². The summed E-state index contributed by atoms with van der Waals surface area (Å²) < 4.78 is 0.